The zero-order chi connectivity index (χ0) is 12.4. The minimum atomic E-state index is -0.741. The van der Waals surface area contributed by atoms with Crippen LogP contribution in [-0.2, 0) is 9.59 Å². The van der Waals surface area contributed by atoms with Gasteiger partial charge in [-0.3, -0.25) is 14.5 Å². The van der Waals surface area contributed by atoms with Gasteiger partial charge in [-0.2, -0.15) is 0 Å². The Morgan fingerprint density at radius 3 is 2.59 bits per heavy atom. The van der Waals surface area contributed by atoms with Gasteiger partial charge in [0.2, 0.25) is 5.91 Å². The highest BCUT2D eigenvalue weighted by Crippen LogP contribution is 2.32. The number of amides is 1. The Morgan fingerprint density at radius 2 is 2.06 bits per heavy atom. The van der Waals surface area contributed by atoms with Gasteiger partial charge in [-0.05, 0) is 25.2 Å². The zero-order valence-corrected chi connectivity index (χ0v) is 10.2. The van der Waals surface area contributed by atoms with Crippen LogP contribution in [0.25, 0.3) is 0 Å². The maximum absolute atomic E-state index is 11.1. The third kappa shape index (κ3) is 3.70. The first-order valence-corrected chi connectivity index (χ1v) is 6.27. The van der Waals surface area contributed by atoms with Crippen molar-refractivity contribution in [1.82, 2.24) is 10.2 Å². The molecule has 0 spiro atoms. The summed E-state index contributed by atoms with van der Waals surface area (Å²) in [4.78, 5) is 24.2. The van der Waals surface area contributed by atoms with Crippen LogP contribution in [0, 0.1) is 5.92 Å². The van der Waals surface area contributed by atoms with Crippen LogP contribution in [0.2, 0.25) is 0 Å². The summed E-state index contributed by atoms with van der Waals surface area (Å²) in [6.45, 7) is 3.26. The molecule has 96 valence electrons. The fraction of sp³-hybridized carbons (Fsp3) is 0.833. The maximum atomic E-state index is 11.1. The van der Waals surface area contributed by atoms with Crippen LogP contribution in [-0.4, -0.2) is 47.1 Å². The molecule has 17 heavy (non-hydrogen) atoms. The first-order chi connectivity index (χ1) is 8.04. The molecule has 2 N–H and O–H groups in total. The molecule has 0 aromatic rings. The summed E-state index contributed by atoms with van der Waals surface area (Å²) in [7, 11) is 0. The highest BCUT2D eigenvalue weighted by molar-refractivity contribution is 5.73. The molecule has 2 unspecified atom stereocenters. The predicted molar refractivity (Wildman–Crippen MR) is 62.6 cm³/mol. The number of aliphatic carboxylic acids is 1. The lowest BCUT2D eigenvalue weighted by atomic mass is 9.91. The first-order valence-electron chi connectivity index (χ1n) is 6.27. The molecule has 1 aliphatic heterocycles. The van der Waals surface area contributed by atoms with Crippen molar-refractivity contribution in [2.45, 2.75) is 44.7 Å². The van der Waals surface area contributed by atoms with E-state index in [-0.39, 0.29) is 24.3 Å². The molecule has 0 radical (unpaired) electrons. The van der Waals surface area contributed by atoms with E-state index in [2.05, 4.69) is 10.2 Å². The largest absolute Gasteiger partial charge is 0.481 e. The lowest BCUT2D eigenvalue weighted by Gasteiger charge is -2.37. The Bertz CT molecular complexity index is 291. The molecule has 5 heteroatoms. The van der Waals surface area contributed by atoms with Crippen LogP contribution in [0.1, 0.15) is 32.6 Å². The van der Waals surface area contributed by atoms with Gasteiger partial charge in [0.15, 0.2) is 0 Å². The van der Waals surface area contributed by atoms with Crippen LogP contribution in [0.4, 0.5) is 0 Å². The second-order valence-corrected chi connectivity index (χ2v) is 5.28. The summed E-state index contributed by atoms with van der Waals surface area (Å²) in [5.41, 5.74) is 0. The van der Waals surface area contributed by atoms with E-state index in [1.54, 1.807) is 0 Å². The van der Waals surface area contributed by atoms with E-state index in [0.717, 1.165) is 19.5 Å². The van der Waals surface area contributed by atoms with Crippen LogP contribution in [0.15, 0.2) is 0 Å². The average molecular weight is 240 g/mol. The normalized spacial score (nSPS) is 29.9. The number of carboxylic acids is 1. The zero-order valence-electron chi connectivity index (χ0n) is 10.2. The molecular weight excluding hydrogens is 220 g/mol. The third-order valence-corrected chi connectivity index (χ3v) is 3.50. The number of hydrogen-bond acceptors (Lipinski definition) is 3. The fourth-order valence-corrected chi connectivity index (χ4v) is 2.77. The predicted octanol–water partition coefficient (Wildman–Crippen LogP) is 0.450. The van der Waals surface area contributed by atoms with Gasteiger partial charge >= 0.3 is 5.97 Å². The molecule has 1 saturated carbocycles. The number of rotatable bonds is 4. The second-order valence-electron chi connectivity index (χ2n) is 5.28. The van der Waals surface area contributed by atoms with Crippen molar-refractivity contribution in [2.24, 2.45) is 5.92 Å². The fourth-order valence-electron chi connectivity index (χ4n) is 2.77. The molecule has 1 amide bonds. The van der Waals surface area contributed by atoms with Crippen molar-refractivity contribution in [3.05, 3.63) is 0 Å². The molecule has 1 heterocycles. The van der Waals surface area contributed by atoms with E-state index in [4.69, 9.17) is 5.11 Å². The Labute approximate surface area is 101 Å². The molecule has 5 nitrogen and oxygen atoms in total. The Balaban J connectivity index is 1.93. The van der Waals surface area contributed by atoms with E-state index in [0.29, 0.717) is 6.04 Å². The van der Waals surface area contributed by atoms with E-state index in [1.807, 2.05) is 0 Å². The highest BCUT2D eigenvalue weighted by Gasteiger charge is 2.36. The number of piperidine rings is 1. The van der Waals surface area contributed by atoms with E-state index in [1.165, 1.54) is 19.8 Å². The van der Waals surface area contributed by atoms with Gasteiger partial charge in [-0.15, -0.1) is 0 Å². The molecule has 1 aliphatic carbocycles. The average Bonchev–Trinajstić information content (AvgIpc) is 2.97. The van der Waals surface area contributed by atoms with Gasteiger partial charge in [-0.25, -0.2) is 0 Å². The van der Waals surface area contributed by atoms with Crippen LogP contribution in [0.5, 0.6) is 0 Å². The summed E-state index contributed by atoms with van der Waals surface area (Å²) < 4.78 is 0. The van der Waals surface area contributed by atoms with Crippen molar-refractivity contribution in [1.29, 1.82) is 0 Å². The standard InChI is InChI=1S/C12H20N2O3/c1-8(15)13-10-4-9(5-12(16)17)6-14(7-10)11-2-3-11/h9-11H,2-7H2,1H3,(H,13,15)(H,16,17). The number of hydrogen-bond donors (Lipinski definition) is 2. The van der Waals surface area contributed by atoms with Crippen LogP contribution < -0.4 is 5.32 Å². The van der Waals surface area contributed by atoms with E-state index < -0.39 is 5.97 Å². The summed E-state index contributed by atoms with van der Waals surface area (Å²) >= 11 is 0. The quantitative estimate of drug-likeness (QED) is 0.748. The van der Waals surface area contributed by atoms with Crippen molar-refractivity contribution in [2.75, 3.05) is 13.1 Å². The number of carbonyl (C=O) groups is 2. The molecule has 2 rings (SSSR count). The van der Waals surface area contributed by atoms with E-state index in [9.17, 15) is 9.59 Å². The Kier molecular flexibility index (Phi) is 3.66. The van der Waals surface area contributed by atoms with Gasteiger partial charge in [0.1, 0.15) is 0 Å². The van der Waals surface area contributed by atoms with Crippen molar-refractivity contribution < 1.29 is 14.7 Å². The molecular formula is C12H20N2O3. The van der Waals surface area contributed by atoms with Gasteiger partial charge in [0.25, 0.3) is 0 Å². The summed E-state index contributed by atoms with van der Waals surface area (Å²) in [5, 5.41) is 11.8. The number of carbonyl (C=O) groups excluding carboxylic acids is 1. The number of nitrogens with one attached hydrogen (secondary N) is 1. The number of carboxylic acid groups (broad SMARTS) is 1. The monoisotopic (exact) mass is 240 g/mol. The summed E-state index contributed by atoms with van der Waals surface area (Å²) in [6, 6.07) is 0.744. The molecule has 2 fully saturated rings. The molecule has 0 bridgehead atoms. The van der Waals surface area contributed by atoms with Gasteiger partial charge in [0.05, 0.1) is 0 Å². The van der Waals surface area contributed by atoms with Gasteiger partial charge < -0.3 is 10.4 Å². The highest BCUT2D eigenvalue weighted by atomic mass is 16.4. The third-order valence-electron chi connectivity index (χ3n) is 3.50. The van der Waals surface area contributed by atoms with Crippen LogP contribution in [0.3, 0.4) is 0 Å². The SMILES string of the molecule is CC(=O)NC1CC(CC(=O)O)CN(C2CC2)C1. The van der Waals surface area contributed by atoms with Gasteiger partial charge in [-0.1, -0.05) is 0 Å². The van der Waals surface area contributed by atoms with E-state index >= 15 is 0 Å². The summed E-state index contributed by atoms with van der Waals surface area (Å²) in [6.07, 6.45) is 3.42. The van der Waals surface area contributed by atoms with Crippen molar-refractivity contribution in [3.8, 4) is 0 Å². The second kappa shape index (κ2) is 5.04. The Hall–Kier alpha value is -1.10. The smallest absolute Gasteiger partial charge is 0.303 e. The van der Waals surface area contributed by atoms with Crippen molar-refractivity contribution in [3.63, 3.8) is 0 Å². The van der Waals surface area contributed by atoms with Crippen LogP contribution >= 0.6 is 0 Å². The molecule has 0 aromatic heterocycles. The Morgan fingerprint density at radius 1 is 1.35 bits per heavy atom. The topological polar surface area (TPSA) is 69.6 Å². The number of nitrogens with zero attached hydrogens (tertiary/aromatic N) is 1. The molecule has 2 aliphatic rings. The first kappa shape index (κ1) is 12.4. The minimum absolute atomic E-state index is 0.0262. The molecule has 0 aromatic carbocycles. The number of likely N-dealkylation sites (tertiary alicyclic amines) is 1. The molecule has 1 saturated heterocycles. The van der Waals surface area contributed by atoms with Crippen molar-refractivity contribution >= 4 is 11.9 Å². The van der Waals surface area contributed by atoms with Gasteiger partial charge in [0, 0.05) is 38.5 Å². The maximum Gasteiger partial charge on any atom is 0.303 e. The lowest BCUT2D eigenvalue weighted by Crippen LogP contribution is -2.51. The summed E-state index contributed by atoms with van der Waals surface area (Å²) in [5.74, 6) is -0.602. The molecule has 2 atom stereocenters. The lowest BCUT2D eigenvalue weighted by molar-refractivity contribution is -0.138. The minimum Gasteiger partial charge on any atom is -0.481 e.